The second kappa shape index (κ2) is 11.0. The van der Waals surface area contributed by atoms with Crippen molar-refractivity contribution in [3.63, 3.8) is 0 Å². The molecule has 0 spiro atoms. The van der Waals surface area contributed by atoms with Gasteiger partial charge in [0, 0.05) is 18.4 Å². The molecule has 2 amide bonds. The van der Waals surface area contributed by atoms with Crippen molar-refractivity contribution in [2.45, 2.75) is 58.0 Å². The molecule has 2 aromatic carbocycles. The highest BCUT2D eigenvalue weighted by atomic mass is 16.5. The number of hydrogen-bond acceptors (Lipinski definition) is 4. The summed E-state index contributed by atoms with van der Waals surface area (Å²) in [5.74, 6) is -1.42. The van der Waals surface area contributed by atoms with E-state index < -0.39 is 18.1 Å². The molecule has 3 atom stereocenters. The molecule has 176 valence electrons. The van der Waals surface area contributed by atoms with Crippen LogP contribution in [0.2, 0.25) is 0 Å². The van der Waals surface area contributed by atoms with Crippen LogP contribution < -0.4 is 10.6 Å². The summed E-state index contributed by atoms with van der Waals surface area (Å²) in [7, 11) is 0. The first-order valence-electron chi connectivity index (χ1n) is 11.5. The van der Waals surface area contributed by atoms with Crippen LogP contribution in [-0.4, -0.2) is 41.8 Å². The standard InChI is InChI=1S/C26H32N2O5/c1-4-16(2)24(25(31)27-17(3)13-14-23(29)30)28-26(32)33-15-22-20-11-7-5-9-18(20)19-10-6-8-12-21(19)22/h5-12,16-17,22,24H,4,13-15H2,1-3H3,(H,27,31)(H,28,32)(H,29,30)/t16?,17?,24-/m0/s1. The van der Waals surface area contributed by atoms with Gasteiger partial charge in [0.1, 0.15) is 12.6 Å². The van der Waals surface area contributed by atoms with Crippen molar-refractivity contribution in [2.24, 2.45) is 5.92 Å². The molecule has 0 bridgehead atoms. The molecule has 3 N–H and O–H groups in total. The smallest absolute Gasteiger partial charge is 0.407 e. The zero-order chi connectivity index (χ0) is 24.0. The van der Waals surface area contributed by atoms with Crippen molar-refractivity contribution in [3.8, 4) is 11.1 Å². The fraction of sp³-hybridized carbons (Fsp3) is 0.423. The van der Waals surface area contributed by atoms with Crippen molar-refractivity contribution < 1.29 is 24.2 Å². The summed E-state index contributed by atoms with van der Waals surface area (Å²) in [6, 6.07) is 15.1. The van der Waals surface area contributed by atoms with E-state index in [1.54, 1.807) is 6.92 Å². The first kappa shape index (κ1) is 24.3. The first-order valence-corrected chi connectivity index (χ1v) is 11.5. The fourth-order valence-corrected chi connectivity index (χ4v) is 4.21. The van der Waals surface area contributed by atoms with Crippen LogP contribution in [-0.2, 0) is 14.3 Å². The van der Waals surface area contributed by atoms with Crippen molar-refractivity contribution in [1.82, 2.24) is 10.6 Å². The van der Waals surface area contributed by atoms with Gasteiger partial charge in [0.2, 0.25) is 5.91 Å². The van der Waals surface area contributed by atoms with Crippen LogP contribution in [0.15, 0.2) is 48.5 Å². The van der Waals surface area contributed by atoms with Gasteiger partial charge in [0.25, 0.3) is 0 Å². The molecule has 0 saturated carbocycles. The predicted octanol–water partition coefficient (Wildman–Crippen LogP) is 4.31. The number of carbonyl (C=O) groups is 3. The number of aliphatic carboxylic acids is 1. The van der Waals surface area contributed by atoms with Crippen molar-refractivity contribution >= 4 is 18.0 Å². The van der Waals surface area contributed by atoms with Gasteiger partial charge in [-0.3, -0.25) is 9.59 Å². The largest absolute Gasteiger partial charge is 0.481 e. The van der Waals surface area contributed by atoms with Gasteiger partial charge in [0.05, 0.1) is 0 Å². The number of carboxylic acid groups (broad SMARTS) is 1. The number of nitrogens with one attached hydrogen (secondary N) is 2. The molecule has 0 radical (unpaired) electrons. The molecular formula is C26H32N2O5. The van der Waals surface area contributed by atoms with E-state index in [9.17, 15) is 14.4 Å². The number of hydrogen-bond donors (Lipinski definition) is 3. The van der Waals surface area contributed by atoms with E-state index >= 15 is 0 Å². The summed E-state index contributed by atoms with van der Waals surface area (Å²) in [4.78, 5) is 36.2. The van der Waals surface area contributed by atoms with Crippen LogP contribution in [0.25, 0.3) is 11.1 Å². The summed E-state index contributed by atoms with van der Waals surface area (Å²) in [6.07, 6.45) is 0.329. The Labute approximate surface area is 194 Å². The zero-order valence-electron chi connectivity index (χ0n) is 19.3. The summed E-state index contributed by atoms with van der Waals surface area (Å²) >= 11 is 0. The first-order chi connectivity index (χ1) is 15.8. The minimum Gasteiger partial charge on any atom is -0.481 e. The van der Waals surface area contributed by atoms with E-state index in [1.807, 2.05) is 38.1 Å². The molecule has 7 heteroatoms. The minimum atomic E-state index is -0.911. The number of ether oxygens (including phenoxy) is 1. The number of rotatable bonds is 10. The van der Waals surface area contributed by atoms with Crippen LogP contribution in [0, 0.1) is 5.92 Å². The van der Waals surface area contributed by atoms with E-state index in [2.05, 4.69) is 34.9 Å². The van der Waals surface area contributed by atoms with E-state index in [0.717, 1.165) is 22.3 Å². The molecule has 2 unspecified atom stereocenters. The lowest BCUT2D eigenvalue weighted by Gasteiger charge is -2.25. The molecule has 2 aromatic rings. The fourth-order valence-electron chi connectivity index (χ4n) is 4.21. The Morgan fingerprint density at radius 2 is 1.55 bits per heavy atom. The van der Waals surface area contributed by atoms with E-state index in [4.69, 9.17) is 9.84 Å². The van der Waals surface area contributed by atoms with Crippen LogP contribution in [0.5, 0.6) is 0 Å². The highest BCUT2D eigenvalue weighted by Crippen LogP contribution is 2.44. The second-order valence-electron chi connectivity index (χ2n) is 8.68. The summed E-state index contributed by atoms with van der Waals surface area (Å²) < 4.78 is 5.59. The quantitative estimate of drug-likeness (QED) is 0.498. The molecule has 0 aromatic heterocycles. The van der Waals surface area contributed by atoms with Crippen molar-refractivity contribution in [1.29, 1.82) is 0 Å². The summed E-state index contributed by atoms with van der Waals surface area (Å²) in [5, 5.41) is 14.4. The average molecular weight is 453 g/mol. The highest BCUT2D eigenvalue weighted by molar-refractivity contribution is 5.86. The van der Waals surface area contributed by atoms with Gasteiger partial charge in [-0.1, -0.05) is 68.8 Å². The van der Waals surface area contributed by atoms with Crippen molar-refractivity contribution in [3.05, 3.63) is 59.7 Å². The van der Waals surface area contributed by atoms with Crippen LogP contribution in [0.4, 0.5) is 4.79 Å². The van der Waals surface area contributed by atoms with Gasteiger partial charge in [-0.15, -0.1) is 0 Å². The van der Waals surface area contributed by atoms with Crippen molar-refractivity contribution in [2.75, 3.05) is 6.61 Å². The second-order valence-corrected chi connectivity index (χ2v) is 8.68. The summed E-state index contributed by atoms with van der Waals surface area (Å²) in [6.45, 7) is 5.75. The predicted molar refractivity (Wildman–Crippen MR) is 126 cm³/mol. The molecule has 1 aliphatic carbocycles. The number of carbonyl (C=O) groups excluding carboxylic acids is 2. The van der Waals surface area contributed by atoms with Crippen LogP contribution in [0.1, 0.15) is 57.1 Å². The Kier molecular flexibility index (Phi) is 8.09. The molecule has 0 heterocycles. The van der Waals surface area contributed by atoms with E-state index in [-0.39, 0.29) is 36.8 Å². The molecular weight excluding hydrogens is 420 g/mol. The average Bonchev–Trinajstić information content (AvgIpc) is 3.13. The Bertz CT molecular complexity index is 960. The van der Waals surface area contributed by atoms with Crippen LogP contribution >= 0.6 is 0 Å². The molecule has 0 fully saturated rings. The number of benzene rings is 2. The van der Waals surface area contributed by atoms with Crippen LogP contribution in [0.3, 0.4) is 0 Å². The van der Waals surface area contributed by atoms with E-state index in [0.29, 0.717) is 12.8 Å². The lowest BCUT2D eigenvalue weighted by Crippen LogP contribution is -2.52. The maximum Gasteiger partial charge on any atom is 0.407 e. The molecule has 7 nitrogen and oxygen atoms in total. The third-order valence-corrected chi connectivity index (χ3v) is 6.29. The highest BCUT2D eigenvalue weighted by Gasteiger charge is 2.31. The molecule has 3 rings (SSSR count). The van der Waals surface area contributed by atoms with E-state index in [1.165, 1.54) is 0 Å². The molecule has 0 saturated heterocycles. The third-order valence-electron chi connectivity index (χ3n) is 6.29. The Balaban J connectivity index is 1.63. The Morgan fingerprint density at radius 3 is 2.09 bits per heavy atom. The van der Waals surface area contributed by atoms with Gasteiger partial charge < -0.3 is 20.5 Å². The lowest BCUT2D eigenvalue weighted by molar-refractivity contribution is -0.137. The SMILES string of the molecule is CCC(C)[C@H](NC(=O)OCC1c2ccccc2-c2ccccc21)C(=O)NC(C)CCC(=O)O. The normalized spacial score (nSPS) is 15.0. The summed E-state index contributed by atoms with van der Waals surface area (Å²) in [5.41, 5.74) is 4.54. The molecule has 0 aliphatic heterocycles. The van der Waals surface area contributed by atoms with Gasteiger partial charge in [-0.2, -0.15) is 0 Å². The third kappa shape index (κ3) is 5.92. The maximum absolute atomic E-state index is 12.8. The monoisotopic (exact) mass is 452 g/mol. The minimum absolute atomic E-state index is 0.0325. The molecule has 33 heavy (non-hydrogen) atoms. The molecule has 1 aliphatic rings. The van der Waals surface area contributed by atoms with Gasteiger partial charge in [-0.25, -0.2) is 4.79 Å². The van der Waals surface area contributed by atoms with Gasteiger partial charge in [0.15, 0.2) is 0 Å². The number of fused-ring (bicyclic) bond motifs is 3. The maximum atomic E-state index is 12.8. The topological polar surface area (TPSA) is 105 Å². The number of carboxylic acids is 1. The lowest BCUT2D eigenvalue weighted by atomic mass is 9.97. The van der Waals surface area contributed by atoms with Gasteiger partial charge in [-0.05, 0) is 41.5 Å². The Hall–Kier alpha value is -3.35. The number of amides is 2. The number of alkyl carbamates (subject to hydrolysis) is 1. The zero-order valence-corrected chi connectivity index (χ0v) is 19.3. The Morgan fingerprint density at radius 1 is 0.970 bits per heavy atom. The van der Waals surface area contributed by atoms with Gasteiger partial charge >= 0.3 is 12.1 Å².